The summed E-state index contributed by atoms with van der Waals surface area (Å²) in [5.74, 6) is 0. The van der Waals surface area contributed by atoms with Gasteiger partial charge in [-0.15, -0.1) is 0 Å². The van der Waals surface area contributed by atoms with E-state index in [9.17, 15) is 0 Å². The second-order valence-corrected chi connectivity index (χ2v) is 8.95. The summed E-state index contributed by atoms with van der Waals surface area (Å²) in [7, 11) is 0. The summed E-state index contributed by atoms with van der Waals surface area (Å²) in [5, 5.41) is 7.76. The minimum absolute atomic E-state index is 0.466. The average molecular weight is 394 g/mol. The van der Waals surface area contributed by atoms with Gasteiger partial charge in [-0.1, -0.05) is 42.8 Å². The highest BCUT2D eigenvalue weighted by atomic mass is 32.1. The quantitative estimate of drug-likeness (QED) is 0.700. The summed E-state index contributed by atoms with van der Waals surface area (Å²) in [4.78, 5) is 2.75. The van der Waals surface area contributed by atoms with Crippen molar-refractivity contribution in [2.45, 2.75) is 70.6 Å². The summed E-state index contributed by atoms with van der Waals surface area (Å²) in [6, 6.07) is 19.2. The number of rotatable bonds is 4. The van der Waals surface area contributed by atoms with Crippen molar-refractivity contribution in [2.75, 3.05) is 5.32 Å². The Hall–Kier alpha value is -1.91. The molecule has 28 heavy (non-hydrogen) atoms. The van der Waals surface area contributed by atoms with Crippen molar-refractivity contribution in [3.63, 3.8) is 0 Å². The van der Waals surface area contributed by atoms with Gasteiger partial charge in [0.15, 0.2) is 5.11 Å². The van der Waals surface area contributed by atoms with E-state index in [0.29, 0.717) is 18.1 Å². The number of aryl methyl sites for hydroxylation is 2. The molecule has 0 aliphatic carbocycles. The van der Waals surface area contributed by atoms with Gasteiger partial charge in [-0.25, -0.2) is 0 Å². The molecule has 2 bridgehead atoms. The molecule has 3 nitrogen and oxygen atoms in total. The summed E-state index contributed by atoms with van der Waals surface area (Å²) in [5.41, 5.74) is 5.03. The molecule has 0 spiro atoms. The number of nitrogens with one attached hydrogen (secondary N) is 2. The maximum absolute atomic E-state index is 5.63. The minimum atomic E-state index is 0.466. The SMILES string of the molecule is Cc1cc(C)cc(NC(=S)NC2C[C@H]3CCC[C@@H](C2)N3Cc2ccccc2)c1. The topological polar surface area (TPSA) is 27.3 Å². The normalized spacial score (nSPS) is 24.6. The van der Waals surface area contributed by atoms with Crippen molar-refractivity contribution in [3.8, 4) is 0 Å². The van der Waals surface area contributed by atoms with E-state index in [-0.39, 0.29) is 0 Å². The van der Waals surface area contributed by atoms with Crippen molar-refractivity contribution in [1.82, 2.24) is 10.2 Å². The first-order valence-corrected chi connectivity index (χ1v) is 10.9. The van der Waals surface area contributed by atoms with Crippen LogP contribution in [-0.4, -0.2) is 28.1 Å². The fourth-order valence-corrected chi connectivity index (χ4v) is 5.33. The number of thiocarbonyl (C=S) groups is 1. The second kappa shape index (κ2) is 8.62. The smallest absolute Gasteiger partial charge is 0.170 e. The molecule has 148 valence electrons. The standard InChI is InChI=1S/C24H31N3S/c1-17-11-18(2)13-20(12-17)25-24(28)26-21-14-22-9-6-10-23(15-21)27(22)16-19-7-4-3-5-8-19/h3-5,7-8,11-13,21-23H,6,9-10,14-16H2,1-2H3,(H2,25,26,28)/t21?,22-,23+. The monoisotopic (exact) mass is 393 g/mol. The van der Waals surface area contributed by atoms with Crippen molar-refractivity contribution >= 4 is 23.0 Å². The van der Waals surface area contributed by atoms with Gasteiger partial charge in [0.2, 0.25) is 0 Å². The molecule has 2 aliphatic heterocycles. The Morgan fingerprint density at radius 3 is 2.29 bits per heavy atom. The molecule has 3 atom stereocenters. The average Bonchev–Trinajstić information content (AvgIpc) is 2.62. The third-order valence-electron chi connectivity index (χ3n) is 6.15. The second-order valence-electron chi connectivity index (χ2n) is 8.54. The van der Waals surface area contributed by atoms with Crippen LogP contribution in [0.3, 0.4) is 0 Å². The molecule has 2 aliphatic rings. The van der Waals surface area contributed by atoms with E-state index < -0.39 is 0 Å². The lowest BCUT2D eigenvalue weighted by molar-refractivity contribution is 0.0212. The molecule has 0 amide bonds. The Labute approximate surface area is 174 Å². The van der Waals surface area contributed by atoms with E-state index in [1.54, 1.807) is 0 Å². The number of nitrogens with zero attached hydrogens (tertiary/aromatic N) is 1. The van der Waals surface area contributed by atoms with E-state index in [2.05, 4.69) is 77.9 Å². The van der Waals surface area contributed by atoms with E-state index in [1.807, 2.05) is 0 Å². The van der Waals surface area contributed by atoms with E-state index >= 15 is 0 Å². The molecule has 2 aromatic carbocycles. The minimum Gasteiger partial charge on any atom is -0.360 e. The van der Waals surface area contributed by atoms with Crippen LogP contribution in [0.5, 0.6) is 0 Å². The van der Waals surface area contributed by atoms with Gasteiger partial charge in [-0.2, -0.15) is 0 Å². The van der Waals surface area contributed by atoms with Gasteiger partial charge in [-0.05, 0) is 80.6 Å². The van der Waals surface area contributed by atoms with Crippen LogP contribution in [0.2, 0.25) is 0 Å². The first kappa shape index (κ1) is 19.4. The fraction of sp³-hybridized carbons (Fsp3) is 0.458. The molecule has 2 saturated heterocycles. The van der Waals surface area contributed by atoms with Crippen LogP contribution in [0.4, 0.5) is 5.69 Å². The number of anilines is 1. The number of benzene rings is 2. The molecule has 2 aromatic rings. The molecule has 1 unspecified atom stereocenters. The van der Waals surface area contributed by atoms with Gasteiger partial charge in [0.1, 0.15) is 0 Å². The van der Waals surface area contributed by atoms with Crippen LogP contribution in [0.1, 0.15) is 48.8 Å². The first-order chi connectivity index (χ1) is 13.6. The summed E-state index contributed by atoms with van der Waals surface area (Å²) in [6.45, 7) is 5.32. The Morgan fingerprint density at radius 1 is 1.00 bits per heavy atom. The van der Waals surface area contributed by atoms with Crippen LogP contribution in [-0.2, 0) is 6.54 Å². The van der Waals surface area contributed by atoms with E-state index in [4.69, 9.17) is 12.2 Å². The zero-order valence-electron chi connectivity index (χ0n) is 16.9. The van der Waals surface area contributed by atoms with Gasteiger partial charge in [-0.3, -0.25) is 4.90 Å². The fourth-order valence-electron chi connectivity index (χ4n) is 5.05. The van der Waals surface area contributed by atoms with Crippen molar-refractivity contribution < 1.29 is 0 Å². The lowest BCUT2D eigenvalue weighted by Crippen LogP contribution is -2.56. The summed E-state index contributed by atoms with van der Waals surface area (Å²) >= 11 is 5.63. The van der Waals surface area contributed by atoms with Gasteiger partial charge in [0, 0.05) is 30.4 Å². The largest absolute Gasteiger partial charge is 0.360 e. The van der Waals surface area contributed by atoms with Crippen LogP contribution in [0, 0.1) is 13.8 Å². The van der Waals surface area contributed by atoms with Crippen molar-refractivity contribution in [1.29, 1.82) is 0 Å². The van der Waals surface area contributed by atoms with Gasteiger partial charge < -0.3 is 10.6 Å². The Kier molecular flexibility index (Phi) is 5.98. The van der Waals surface area contributed by atoms with Crippen LogP contribution >= 0.6 is 12.2 Å². The van der Waals surface area contributed by atoms with Crippen molar-refractivity contribution in [2.24, 2.45) is 0 Å². The zero-order valence-corrected chi connectivity index (χ0v) is 17.8. The molecule has 2 fully saturated rings. The third-order valence-corrected chi connectivity index (χ3v) is 6.37. The molecule has 0 aromatic heterocycles. The third kappa shape index (κ3) is 4.73. The molecule has 2 heterocycles. The summed E-state index contributed by atoms with van der Waals surface area (Å²) in [6.07, 6.45) is 6.33. The Balaban J connectivity index is 1.36. The number of piperidine rings is 2. The highest BCUT2D eigenvalue weighted by Crippen LogP contribution is 2.35. The number of fused-ring (bicyclic) bond motifs is 2. The van der Waals surface area contributed by atoms with E-state index in [1.165, 1.54) is 48.8 Å². The first-order valence-electron chi connectivity index (χ1n) is 10.5. The lowest BCUT2D eigenvalue weighted by Gasteiger charge is -2.49. The maximum Gasteiger partial charge on any atom is 0.170 e. The van der Waals surface area contributed by atoms with Crippen molar-refractivity contribution in [3.05, 3.63) is 65.2 Å². The highest BCUT2D eigenvalue weighted by molar-refractivity contribution is 7.80. The molecular weight excluding hydrogens is 362 g/mol. The number of hydrogen-bond donors (Lipinski definition) is 2. The van der Waals surface area contributed by atoms with Gasteiger partial charge in [0.05, 0.1) is 0 Å². The van der Waals surface area contributed by atoms with Gasteiger partial charge in [0.25, 0.3) is 0 Å². The molecule has 0 radical (unpaired) electrons. The molecular formula is C24H31N3S. The maximum atomic E-state index is 5.63. The molecule has 4 heteroatoms. The van der Waals surface area contributed by atoms with Crippen LogP contribution in [0.15, 0.2) is 48.5 Å². The molecule has 4 rings (SSSR count). The van der Waals surface area contributed by atoms with Crippen LogP contribution in [0.25, 0.3) is 0 Å². The lowest BCUT2D eigenvalue weighted by atomic mass is 9.81. The Morgan fingerprint density at radius 2 is 1.64 bits per heavy atom. The van der Waals surface area contributed by atoms with Crippen LogP contribution < -0.4 is 10.6 Å². The highest BCUT2D eigenvalue weighted by Gasteiger charge is 2.38. The van der Waals surface area contributed by atoms with Gasteiger partial charge >= 0.3 is 0 Å². The van der Waals surface area contributed by atoms with E-state index in [0.717, 1.165) is 17.3 Å². The molecule has 0 saturated carbocycles. The number of hydrogen-bond acceptors (Lipinski definition) is 2. The molecule has 2 N–H and O–H groups in total. The summed E-state index contributed by atoms with van der Waals surface area (Å²) < 4.78 is 0. The Bertz CT molecular complexity index is 786. The predicted molar refractivity (Wildman–Crippen MR) is 122 cm³/mol. The predicted octanol–water partition coefficient (Wildman–Crippen LogP) is 5.18. The zero-order chi connectivity index (χ0) is 19.5.